The zero-order valence-electron chi connectivity index (χ0n) is 23.6. The number of rotatable bonds is 3. The number of ether oxygens (including phenoxy) is 1. The first-order chi connectivity index (χ1) is 19.1. The molecule has 0 bridgehead atoms. The van der Waals surface area contributed by atoms with E-state index in [9.17, 15) is 9.59 Å². The van der Waals surface area contributed by atoms with Gasteiger partial charge in [-0.3, -0.25) is 4.79 Å². The Labute approximate surface area is 233 Å². The summed E-state index contributed by atoms with van der Waals surface area (Å²) in [6, 6.07) is 12.0. The van der Waals surface area contributed by atoms with Crippen molar-refractivity contribution in [3.05, 3.63) is 71.2 Å². The quantitative estimate of drug-likeness (QED) is 0.336. The van der Waals surface area contributed by atoms with Crippen LogP contribution in [0.5, 0.6) is 0 Å². The predicted molar refractivity (Wildman–Crippen MR) is 155 cm³/mol. The van der Waals surface area contributed by atoms with E-state index in [1.54, 1.807) is 20.8 Å². The molecule has 0 radical (unpaired) electrons. The molecule has 206 valence electrons. The molecule has 0 spiro atoms. The van der Waals surface area contributed by atoms with Gasteiger partial charge in [0.05, 0.1) is 40.9 Å². The van der Waals surface area contributed by atoms with Gasteiger partial charge in [0, 0.05) is 25.4 Å². The van der Waals surface area contributed by atoms with E-state index in [-0.39, 0.29) is 6.54 Å². The number of nitrogens with one attached hydrogen (secondary N) is 1. The van der Waals surface area contributed by atoms with Gasteiger partial charge in [0.1, 0.15) is 11.4 Å². The van der Waals surface area contributed by atoms with E-state index in [4.69, 9.17) is 9.72 Å². The summed E-state index contributed by atoms with van der Waals surface area (Å²) in [5.41, 5.74) is 7.04. The van der Waals surface area contributed by atoms with Gasteiger partial charge < -0.3 is 15.0 Å². The molecule has 0 fully saturated rings. The number of anilines is 3. The van der Waals surface area contributed by atoms with Crippen LogP contribution in [0, 0.1) is 6.92 Å². The molecule has 0 saturated heterocycles. The molecule has 1 N–H and O–H groups in total. The number of benzene rings is 1. The van der Waals surface area contributed by atoms with Crippen molar-refractivity contribution in [2.75, 3.05) is 23.8 Å². The van der Waals surface area contributed by atoms with Crippen molar-refractivity contribution in [2.24, 2.45) is 0 Å². The van der Waals surface area contributed by atoms with Crippen LogP contribution in [-0.4, -0.2) is 50.7 Å². The maximum atomic E-state index is 13.8. The molecule has 9 heteroatoms. The second kappa shape index (κ2) is 9.66. The molecule has 40 heavy (non-hydrogen) atoms. The third-order valence-corrected chi connectivity index (χ3v) is 7.44. The van der Waals surface area contributed by atoms with Gasteiger partial charge in [0.25, 0.3) is 5.91 Å². The van der Waals surface area contributed by atoms with Gasteiger partial charge in [-0.05, 0) is 87.9 Å². The van der Waals surface area contributed by atoms with E-state index in [0.29, 0.717) is 17.1 Å². The lowest BCUT2D eigenvalue weighted by Gasteiger charge is -2.23. The lowest BCUT2D eigenvalue weighted by atomic mass is 9.96. The van der Waals surface area contributed by atoms with Crippen LogP contribution >= 0.6 is 0 Å². The van der Waals surface area contributed by atoms with E-state index in [0.717, 1.165) is 65.0 Å². The van der Waals surface area contributed by atoms with Gasteiger partial charge in [-0.1, -0.05) is 12.1 Å². The fourth-order valence-corrected chi connectivity index (χ4v) is 5.53. The van der Waals surface area contributed by atoms with Crippen LogP contribution < -0.4 is 10.2 Å². The van der Waals surface area contributed by atoms with Crippen LogP contribution in [0.1, 0.15) is 60.8 Å². The zero-order valence-corrected chi connectivity index (χ0v) is 23.6. The van der Waals surface area contributed by atoms with Crippen molar-refractivity contribution in [2.45, 2.75) is 59.1 Å². The Morgan fingerprint density at radius 2 is 1.88 bits per heavy atom. The Balaban J connectivity index is 1.43. The summed E-state index contributed by atoms with van der Waals surface area (Å²) in [5.74, 6) is 0.273. The van der Waals surface area contributed by atoms with Crippen molar-refractivity contribution in [3.63, 3.8) is 0 Å². The number of pyridine rings is 2. The van der Waals surface area contributed by atoms with Gasteiger partial charge in [-0.2, -0.15) is 5.10 Å². The summed E-state index contributed by atoms with van der Waals surface area (Å²) in [7, 11) is 2.09. The molecular weight excluding hydrogens is 504 g/mol. The maximum absolute atomic E-state index is 13.8. The lowest BCUT2D eigenvalue weighted by molar-refractivity contribution is 0.0248. The highest BCUT2D eigenvalue weighted by Crippen LogP contribution is 2.40. The second-order valence-electron chi connectivity index (χ2n) is 11.6. The largest absolute Gasteiger partial charge is 0.443 e. The molecule has 0 atom stereocenters. The molecule has 1 aromatic carbocycles. The number of amides is 2. The number of aryl methyl sites for hydroxylation is 2. The Bertz CT molecular complexity index is 1650. The zero-order chi connectivity index (χ0) is 28.2. The van der Waals surface area contributed by atoms with Gasteiger partial charge >= 0.3 is 6.09 Å². The smallest absolute Gasteiger partial charge is 0.417 e. The first-order valence-corrected chi connectivity index (χ1v) is 13.7. The highest BCUT2D eigenvalue weighted by atomic mass is 16.6. The van der Waals surface area contributed by atoms with Crippen LogP contribution in [-0.2, 0) is 17.7 Å². The highest BCUT2D eigenvalue weighted by molar-refractivity contribution is 6.12. The molecule has 0 saturated carbocycles. The molecule has 0 unspecified atom stereocenters. The molecule has 2 amide bonds. The van der Waals surface area contributed by atoms with E-state index >= 15 is 0 Å². The molecule has 0 aliphatic carbocycles. The monoisotopic (exact) mass is 538 g/mol. The summed E-state index contributed by atoms with van der Waals surface area (Å²) >= 11 is 0. The van der Waals surface area contributed by atoms with Gasteiger partial charge in [0.15, 0.2) is 0 Å². The van der Waals surface area contributed by atoms with E-state index in [1.807, 2.05) is 54.2 Å². The van der Waals surface area contributed by atoms with Crippen LogP contribution in [0.4, 0.5) is 22.0 Å². The first kappa shape index (κ1) is 25.9. The molecular formula is C31H34N6O3. The molecule has 3 aromatic heterocycles. The predicted octanol–water partition coefficient (Wildman–Crippen LogP) is 6.11. The van der Waals surface area contributed by atoms with Crippen molar-refractivity contribution in [1.29, 1.82) is 0 Å². The number of fused-ring (bicyclic) bond motifs is 3. The summed E-state index contributed by atoms with van der Waals surface area (Å²) in [6.45, 7) is 8.51. The molecule has 4 aromatic rings. The van der Waals surface area contributed by atoms with Gasteiger partial charge in [-0.25, -0.2) is 19.2 Å². The standard InChI is InChI=1S/C31H34N6O3/c1-19-9-12-25-21(16-32-37(25)17-19)20-10-11-24(28-22(20)18-36(29(28)38)30(39)40-31(2,3)4)34-27-14-13-26-23(33-27)8-6-7-15-35(26)5/h9-14,16-17H,6-8,15,18H2,1-5H3,(H,33,34). The number of carbonyl (C=O) groups excluding carboxylic acids is 2. The normalized spacial score (nSPS) is 15.2. The third kappa shape index (κ3) is 4.65. The van der Waals surface area contributed by atoms with Crippen LogP contribution in [0.2, 0.25) is 0 Å². The summed E-state index contributed by atoms with van der Waals surface area (Å²) in [5, 5.41) is 7.94. The summed E-state index contributed by atoms with van der Waals surface area (Å²) in [4.78, 5) is 35.3. The fraction of sp³-hybridized carbons (Fsp3) is 0.355. The average Bonchev–Trinajstić information content (AvgIpc) is 3.41. The molecule has 2 aliphatic heterocycles. The Hall–Kier alpha value is -4.40. The van der Waals surface area contributed by atoms with Crippen LogP contribution in [0.3, 0.4) is 0 Å². The SMILES string of the molecule is Cc1ccc2c(-c3ccc(Nc4ccc5c(n4)CCCCN5C)c4c3CN(C(=O)OC(C)(C)C)C4=O)cnn2c1. The number of hydrogen-bond donors (Lipinski definition) is 1. The molecule has 9 nitrogen and oxygen atoms in total. The number of carbonyl (C=O) groups is 2. The van der Waals surface area contributed by atoms with Gasteiger partial charge in [0.2, 0.25) is 0 Å². The van der Waals surface area contributed by atoms with E-state index in [1.165, 1.54) is 4.90 Å². The number of nitrogens with zero attached hydrogens (tertiary/aromatic N) is 5. The van der Waals surface area contributed by atoms with Crippen LogP contribution in [0.25, 0.3) is 16.6 Å². The maximum Gasteiger partial charge on any atom is 0.417 e. The highest BCUT2D eigenvalue weighted by Gasteiger charge is 2.39. The van der Waals surface area contributed by atoms with Crippen molar-refractivity contribution in [3.8, 4) is 11.1 Å². The van der Waals surface area contributed by atoms with Gasteiger partial charge in [-0.15, -0.1) is 0 Å². The first-order valence-electron chi connectivity index (χ1n) is 13.7. The fourth-order valence-electron chi connectivity index (χ4n) is 5.53. The summed E-state index contributed by atoms with van der Waals surface area (Å²) in [6.07, 6.45) is 6.24. The molecule has 2 aliphatic rings. The van der Waals surface area contributed by atoms with E-state index in [2.05, 4.69) is 28.4 Å². The lowest BCUT2D eigenvalue weighted by Crippen LogP contribution is -2.37. The van der Waals surface area contributed by atoms with Crippen molar-refractivity contribution >= 4 is 34.7 Å². The minimum absolute atomic E-state index is 0.111. The minimum Gasteiger partial charge on any atom is -0.443 e. The number of hydrogen-bond acceptors (Lipinski definition) is 7. The molecule has 5 heterocycles. The number of aromatic nitrogens is 3. The van der Waals surface area contributed by atoms with Crippen LogP contribution in [0.15, 0.2) is 48.8 Å². The topological polar surface area (TPSA) is 92.1 Å². The third-order valence-electron chi connectivity index (χ3n) is 7.44. The number of imide groups is 1. The van der Waals surface area contributed by atoms with Crippen molar-refractivity contribution in [1.82, 2.24) is 19.5 Å². The Morgan fingerprint density at radius 3 is 2.67 bits per heavy atom. The second-order valence-corrected chi connectivity index (χ2v) is 11.6. The minimum atomic E-state index is -0.727. The Kier molecular flexibility index (Phi) is 6.24. The average molecular weight is 539 g/mol. The molecule has 6 rings (SSSR count). The summed E-state index contributed by atoms with van der Waals surface area (Å²) < 4.78 is 7.43. The Morgan fingerprint density at radius 1 is 1.05 bits per heavy atom. The van der Waals surface area contributed by atoms with Crippen molar-refractivity contribution < 1.29 is 14.3 Å². The van der Waals surface area contributed by atoms with E-state index < -0.39 is 17.6 Å².